The molecule has 0 unspecified atom stereocenters. The van der Waals surface area contributed by atoms with E-state index in [-0.39, 0.29) is 27.3 Å². The molecule has 0 radical (unpaired) electrons. The summed E-state index contributed by atoms with van der Waals surface area (Å²) >= 11 is 0. The summed E-state index contributed by atoms with van der Waals surface area (Å²) in [5.74, 6) is -10.8. The fourth-order valence-corrected chi connectivity index (χ4v) is 0.693. The van der Waals surface area contributed by atoms with Gasteiger partial charge >= 0.3 is 52.0 Å². The summed E-state index contributed by atoms with van der Waals surface area (Å²) in [5, 5.41) is 0. The van der Waals surface area contributed by atoms with Gasteiger partial charge in [0.1, 0.15) is 0 Å². The van der Waals surface area contributed by atoms with Gasteiger partial charge < -0.3 is 0 Å². The Labute approximate surface area is 160 Å². The standard InChI is InChI=1S/2C5H2F6O2.Cd/c2*6-4(7,8)2(12)1-3(13)5(9,10)11;/h2*1H2;/q;;+2. The van der Waals surface area contributed by atoms with Crippen molar-refractivity contribution in [1.82, 2.24) is 0 Å². The summed E-state index contributed by atoms with van der Waals surface area (Å²) in [5.41, 5.74) is 0. The fraction of sp³-hybridized carbons (Fsp3) is 0.600. The van der Waals surface area contributed by atoms with Crippen LogP contribution in [0.1, 0.15) is 12.8 Å². The van der Waals surface area contributed by atoms with Crippen LogP contribution < -0.4 is 0 Å². The van der Waals surface area contributed by atoms with Gasteiger partial charge in [-0.25, -0.2) is 0 Å². The van der Waals surface area contributed by atoms with Gasteiger partial charge in [0.2, 0.25) is 23.1 Å². The van der Waals surface area contributed by atoms with Gasteiger partial charge in [0.25, 0.3) is 0 Å². The number of Topliss-reactive ketones (excluding diaryl/α,β-unsaturated/α-hetero) is 4. The van der Waals surface area contributed by atoms with E-state index in [1.807, 2.05) is 0 Å². The predicted octanol–water partition coefficient (Wildman–Crippen LogP) is 3.28. The van der Waals surface area contributed by atoms with Crippen molar-refractivity contribution in [3.8, 4) is 0 Å². The molecule has 152 valence electrons. The maximum atomic E-state index is 11.3. The Morgan fingerprint density at radius 3 is 0.593 bits per heavy atom. The van der Waals surface area contributed by atoms with Crippen molar-refractivity contribution in [2.75, 3.05) is 0 Å². The van der Waals surface area contributed by atoms with E-state index >= 15 is 0 Å². The molecule has 27 heavy (non-hydrogen) atoms. The first-order valence-corrected chi connectivity index (χ1v) is 5.50. The summed E-state index contributed by atoms with van der Waals surface area (Å²) in [4.78, 5) is 39.5. The smallest absolute Gasteiger partial charge is 0.289 e. The number of ketones is 4. The van der Waals surface area contributed by atoms with Gasteiger partial charge in [-0.2, -0.15) is 52.7 Å². The molecule has 0 saturated carbocycles. The molecule has 0 aliphatic rings. The van der Waals surface area contributed by atoms with Gasteiger partial charge in [-0.3, -0.25) is 19.2 Å². The van der Waals surface area contributed by atoms with Crippen LogP contribution in [0, 0.1) is 0 Å². The van der Waals surface area contributed by atoms with Crippen molar-refractivity contribution < 1.29 is 99.2 Å². The first-order valence-electron chi connectivity index (χ1n) is 5.50. The van der Waals surface area contributed by atoms with Crippen LogP contribution in [0.2, 0.25) is 0 Å². The average molecular weight is 529 g/mol. The third-order valence-corrected chi connectivity index (χ3v) is 1.91. The molecule has 17 heteroatoms. The van der Waals surface area contributed by atoms with E-state index < -0.39 is 60.7 Å². The Hall–Kier alpha value is -1.24. The Bertz CT molecular complexity index is 456. The van der Waals surface area contributed by atoms with Crippen molar-refractivity contribution in [2.24, 2.45) is 0 Å². The van der Waals surface area contributed by atoms with Crippen molar-refractivity contribution in [3.63, 3.8) is 0 Å². The van der Waals surface area contributed by atoms with Crippen LogP contribution in [0.5, 0.6) is 0 Å². The molecule has 0 aromatic carbocycles. The SMILES string of the molecule is O=C(CC(=O)C(F)(F)F)C(F)(F)F.O=C(CC(=O)C(F)(F)F)C(F)(F)F.[Cd+2]. The molecule has 0 aromatic heterocycles. The molecule has 0 spiro atoms. The number of hydrogen-bond acceptors (Lipinski definition) is 4. The van der Waals surface area contributed by atoms with E-state index in [4.69, 9.17) is 0 Å². The van der Waals surface area contributed by atoms with Crippen LogP contribution >= 0.6 is 0 Å². The Kier molecular flexibility index (Phi) is 11.7. The third kappa shape index (κ3) is 13.6. The molecule has 0 aromatic rings. The van der Waals surface area contributed by atoms with Gasteiger partial charge in [-0.1, -0.05) is 0 Å². The van der Waals surface area contributed by atoms with E-state index in [0.717, 1.165) is 0 Å². The number of halogens is 12. The number of rotatable bonds is 4. The van der Waals surface area contributed by atoms with Crippen LogP contribution in [-0.4, -0.2) is 47.8 Å². The van der Waals surface area contributed by atoms with Crippen LogP contribution in [0.15, 0.2) is 0 Å². The third-order valence-electron chi connectivity index (χ3n) is 1.91. The largest absolute Gasteiger partial charge is 2.00 e. The summed E-state index contributed by atoms with van der Waals surface area (Å²) in [6.07, 6.45) is -26.0. The molecule has 4 nitrogen and oxygen atoms in total. The molecular weight excluding hydrogens is 524 g/mol. The van der Waals surface area contributed by atoms with E-state index in [1.54, 1.807) is 0 Å². The van der Waals surface area contributed by atoms with E-state index in [2.05, 4.69) is 0 Å². The molecule has 0 saturated heterocycles. The van der Waals surface area contributed by atoms with Gasteiger partial charge in [-0.05, 0) is 0 Å². The molecule has 0 aliphatic heterocycles. The Morgan fingerprint density at radius 2 is 0.519 bits per heavy atom. The molecule has 0 atom stereocenters. The molecule has 0 aliphatic carbocycles. The molecule has 0 rings (SSSR count). The zero-order valence-corrected chi connectivity index (χ0v) is 16.3. The fourth-order valence-electron chi connectivity index (χ4n) is 0.693. The second kappa shape index (κ2) is 10.3. The van der Waals surface area contributed by atoms with Gasteiger partial charge in [0.05, 0.1) is 12.8 Å². The molecule has 0 N–H and O–H groups in total. The molecule has 0 heterocycles. The number of carbonyl (C=O) groups excluding carboxylic acids is 4. The van der Waals surface area contributed by atoms with Crippen LogP contribution in [0.25, 0.3) is 0 Å². The predicted molar refractivity (Wildman–Crippen MR) is 53.5 cm³/mol. The Morgan fingerprint density at radius 1 is 0.407 bits per heavy atom. The minimum atomic E-state index is -5.40. The summed E-state index contributed by atoms with van der Waals surface area (Å²) in [6.45, 7) is 0. The van der Waals surface area contributed by atoms with Gasteiger partial charge in [0, 0.05) is 0 Å². The van der Waals surface area contributed by atoms with E-state index in [9.17, 15) is 71.9 Å². The quantitative estimate of drug-likeness (QED) is 0.319. The van der Waals surface area contributed by atoms with Crippen molar-refractivity contribution >= 4 is 23.1 Å². The van der Waals surface area contributed by atoms with Crippen molar-refractivity contribution in [2.45, 2.75) is 37.5 Å². The zero-order valence-electron chi connectivity index (χ0n) is 12.3. The normalized spacial score (nSPS) is 12.3. The minimum absolute atomic E-state index is 0. The van der Waals surface area contributed by atoms with Crippen LogP contribution in [-0.2, 0) is 46.5 Å². The van der Waals surface area contributed by atoms with Gasteiger partial charge in [-0.15, -0.1) is 0 Å². The minimum Gasteiger partial charge on any atom is -0.289 e. The summed E-state index contributed by atoms with van der Waals surface area (Å²) in [7, 11) is 0. The molecule has 0 amide bonds. The van der Waals surface area contributed by atoms with Crippen molar-refractivity contribution in [1.29, 1.82) is 0 Å². The molecule has 0 bridgehead atoms. The average Bonchev–Trinajstić information content (AvgIpc) is 2.34. The number of carbonyl (C=O) groups is 4. The van der Waals surface area contributed by atoms with E-state index in [1.165, 1.54) is 0 Å². The zero-order chi connectivity index (χ0) is 21.7. The maximum absolute atomic E-state index is 11.3. The Balaban J connectivity index is -0.000000411. The van der Waals surface area contributed by atoms with Crippen molar-refractivity contribution in [3.05, 3.63) is 0 Å². The topological polar surface area (TPSA) is 68.3 Å². The van der Waals surface area contributed by atoms with E-state index in [0.29, 0.717) is 0 Å². The second-order valence-corrected chi connectivity index (χ2v) is 4.04. The van der Waals surface area contributed by atoms with Crippen LogP contribution in [0.3, 0.4) is 0 Å². The first-order chi connectivity index (χ1) is 11.1. The number of hydrogen-bond donors (Lipinski definition) is 0. The first kappa shape index (κ1) is 30.5. The van der Waals surface area contributed by atoms with Crippen LogP contribution in [0.4, 0.5) is 52.7 Å². The summed E-state index contributed by atoms with van der Waals surface area (Å²) < 4.78 is 136. The summed E-state index contributed by atoms with van der Waals surface area (Å²) in [6, 6.07) is 0. The second-order valence-electron chi connectivity index (χ2n) is 4.04. The number of alkyl halides is 12. The van der Waals surface area contributed by atoms with Gasteiger partial charge in [0.15, 0.2) is 0 Å². The monoisotopic (exact) mass is 530 g/mol. The maximum Gasteiger partial charge on any atom is 2.00 e. The molecular formula is C10H4CdF12O4+2. The molecule has 0 fully saturated rings.